The molecule has 4 heteroatoms. The van der Waals surface area contributed by atoms with Gasteiger partial charge in [-0.15, -0.1) is 0 Å². The highest BCUT2D eigenvalue weighted by Gasteiger charge is 2.07. The van der Waals surface area contributed by atoms with E-state index in [4.69, 9.17) is 22.7 Å². The predicted molar refractivity (Wildman–Crippen MR) is 60.5 cm³/mol. The monoisotopic (exact) mass is 210 g/mol. The quantitative estimate of drug-likeness (QED) is 0.769. The highest BCUT2D eigenvalue weighted by molar-refractivity contribution is 7.80. The van der Waals surface area contributed by atoms with Crippen molar-refractivity contribution in [3.8, 4) is 5.75 Å². The van der Waals surface area contributed by atoms with Crippen LogP contribution in [0.3, 0.4) is 0 Å². The third-order valence-corrected chi connectivity index (χ3v) is 1.77. The number of hydrogen-bond donors (Lipinski definition) is 1. The van der Waals surface area contributed by atoms with Crippen LogP contribution in [0.1, 0.15) is 19.5 Å². The molecule has 3 nitrogen and oxygen atoms in total. The number of aromatic nitrogens is 1. The fraction of sp³-hybridized carbons (Fsp3) is 0.400. The van der Waals surface area contributed by atoms with Crippen LogP contribution in [-0.4, -0.2) is 16.6 Å². The first-order chi connectivity index (χ1) is 6.61. The molecule has 0 saturated heterocycles. The minimum Gasteiger partial charge on any atom is -0.491 e. The average Bonchev–Trinajstić information content (AvgIpc) is 2.15. The Kier molecular flexibility index (Phi) is 3.83. The van der Waals surface area contributed by atoms with Crippen molar-refractivity contribution in [2.24, 2.45) is 11.7 Å². The van der Waals surface area contributed by atoms with Crippen molar-refractivity contribution in [3.63, 3.8) is 0 Å². The zero-order valence-electron chi connectivity index (χ0n) is 8.36. The van der Waals surface area contributed by atoms with Crippen molar-refractivity contribution < 1.29 is 4.74 Å². The van der Waals surface area contributed by atoms with E-state index in [0.29, 0.717) is 24.0 Å². The Hall–Kier alpha value is -1.16. The van der Waals surface area contributed by atoms with Crippen molar-refractivity contribution in [3.05, 3.63) is 24.0 Å². The van der Waals surface area contributed by atoms with Crippen LogP contribution >= 0.6 is 12.2 Å². The lowest BCUT2D eigenvalue weighted by atomic mass is 10.2. The summed E-state index contributed by atoms with van der Waals surface area (Å²) in [7, 11) is 0. The summed E-state index contributed by atoms with van der Waals surface area (Å²) in [6, 6.07) is 3.63. The molecule has 0 aliphatic heterocycles. The minimum absolute atomic E-state index is 0.268. The number of ether oxygens (including phenoxy) is 1. The van der Waals surface area contributed by atoms with Gasteiger partial charge < -0.3 is 10.5 Å². The Morgan fingerprint density at radius 3 is 2.93 bits per heavy atom. The summed E-state index contributed by atoms with van der Waals surface area (Å²) >= 11 is 4.86. The van der Waals surface area contributed by atoms with Gasteiger partial charge in [0.1, 0.15) is 16.4 Å². The maximum Gasteiger partial charge on any atom is 0.147 e. The number of pyridine rings is 1. The molecule has 0 aliphatic carbocycles. The van der Waals surface area contributed by atoms with Crippen LogP contribution in [0.5, 0.6) is 5.75 Å². The maximum absolute atomic E-state index is 5.53. The molecule has 1 heterocycles. The molecule has 0 radical (unpaired) electrons. The molecule has 0 unspecified atom stereocenters. The predicted octanol–water partition coefficient (Wildman–Crippen LogP) is 1.75. The van der Waals surface area contributed by atoms with E-state index in [2.05, 4.69) is 18.8 Å². The third kappa shape index (κ3) is 2.96. The zero-order valence-corrected chi connectivity index (χ0v) is 9.17. The number of thiocarbonyl (C=S) groups is 1. The van der Waals surface area contributed by atoms with E-state index in [9.17, 15) is 0 Å². The van der Waals surface area contributed by atoms with Crippen LogP contribution in [0.25, 0.3) is 0 Å². The first-order valence-corrected chi connectivity index (χ1v) is 4.89. The second kappa shape index (κ2) is 4.91. The lowest BCUT2D eigenvalue weighted by Gasteiger charge is -2.10. The number of rotatable bonds is 4. The van der Waals surface area contributed by atoms with Crippen LogP contribution in [0.4, 0.5) is 0 Å². The van der Waals surface area contributed by atoms with E-state index >= 15 is 0 Å². The summed E-state index contributed by atoms with van der Waals surface area (Å²) in [5.74, 6) is 1.13. The topological polar surface area (TPSA) is 48.1 Å². The van der Waals surface area contributed by atoms with Gasteiger partial charge in [-0.2, -0.15) is 0 Å². The lowest BCUT2D eigenvalue weighted by Crippen LogP contribution is -2.15. The Balaban J connectivity index is 2.79. The standard InChI is InChI=1S/C10H14N2OS/c1-7(2)6-13-8-4-3-5-12-9(8)10(11)14/h3-5,7H,6H2,1-2H3,(H2,11,14). The molecular weight excluding hydrogens is 196 g/mol. The molecule has 1 aromatic rings. The van der Waals surface area contributed by atoms with Crippen molar-refractivity contribution in [2.75, 3.05) is 6.61 Å². The van der Waals surface area contributed by atoms with E-state index < -0.39 is 0 Å². The Morgan fingerprint density at radius 2 is 2.36 bits per heavy atom. The first kappa shape index (κ1) is 10.9. The van der Waals surface area contributed by atoms with Crippen LogP contribution < -0.4 is 10.5 Å². The van der Waals surface area contributed by atoms with Gasteiger partial charge in [0.2, 0.25) is 0 Å². The van der Waals surface area contributed by atoms with Crippen LogP contribution in [-0.2, 0) is 0 Å². The van der Waals surface area contributed by atoms with Crippen LogP contribution in [0.2, 0.25) is 0 Å². The largest absolute Gasteiger partial charge is 0.491 e. The van der Waals surface area contributed by atoms with E-state index in [1.54, 1.807) is 12.3 Å². The Labute approximate surface area is 89.3 Å². The molecule has 0 saturated carbocycles. The maximum atomic E-state index is 5.53. The second-order valence-corrected chi connectivity index (χ2v) is 3.86. The summed E-state index contributed by atoms with van der Waals surface area (Å²) in [6.07, 6.45) is 1.65. The fourth-order valence-corrected chi connectivity index (χ4v) is 1.10. The summed E-state index contributed by atoms with van der Waals surface area (Å²) in [5.41, 5.74) is 6.07. The molecule has 1 aromatic heterocycles. The number of nitrogens with two attached hydrogens (primary N) is 1. The number of nitrogens with zero attached hydrogens (tertiary/aromatic N) is 1. The first-order valence-electron chi connectivity index (χ1n) is 4.49. The summed E-state index contributed by atoms with van der Waals surface area (Å²) < 4.78 is 5.53. The molecule has 0 atom stereocenters. The Morgan fingerprint density at radius 1 is 1.64 bits per heavy atom. The zero-order chi connectivity index (χ0) is 10.6. The van der Waals surface area contributed by atoms with Gasteiger partial charge in [-0.25, -0.2) is 4.98 Å². The molecule has 0 spiro atoms. The van der Waals surface area contributed by atoms with Gasteiger partial charge >= 0.3 is 0 Å². The van der Waals surface area contributed by atoms with Gasteiger partial charge in [-0.05, 0) is 18.1 Å². The van der Waals surface area contributed by atoms with Gasteiger partial charge in [0.15, 0.2) is 0 Å². The molecule has 2 N–H and O–H groups in total. The summed E-state index contributed by atoms with van der Waals surface area (Å²) in [6.45, 7) is 4.80. The molecule has 0 amide bonds. The van der Waals surface area contributed by atoms with Crippen molar-refractivity contribution in [2.45, 2.75) is 13.8 Å². The van der Waals surface area contributed by atoms with Crippen LogP contribution in [0, 0.1) is 5.92 Å². The highest BCUT2D eigenvalue weighted by atomic mass is 32.1. The molecule has 0 aromatic carbocycles. The fourth-order valence-electron chi connectivity index (χ4n) is 0.949. The summed E-state index contributed by atoms with van der Waals surface area (Å²) in [4.78, 5) is 4.33. The highest BCUT2D eigenvalue weighted by Crippen LogP contribution is 2.15. The van der Waals surface area contributed by atoms with Crippen LogP contribution in [0.15, 0.2) is 18.3 Å². The normalized spacial score (nSPS) is 10.2. The van der Waals surface area contributed by atoms with Gasteiger partial charge in [-0.1, -0.05) is 26.1 Å². The van der Waals surface area contributed by atoms with Crippen molar-refractivity contribution in [1.29, 1.82) is 0 Å². The Bertz CT molecular complexity index is 326. The number of hydrogen-bond acceptors (Lipinski definition) is 3. The smallest absolute Gasteiger partial charge is 0.147 e. The van der Waals surface area contributed by atoms with Crippen molar-refractivity contribution in [1.82, 2.24) is 4.98 Å². The van der Waals surface area contributed by atoms with Gasteiger partial charge in [-0.3, -0.25) is 0 Å². The molecule has 0 aliphatic rings. The molecule has 1 rings (SSSR count). The SMILES string of the molecule is CC(C)COc1cccnc1C(N)=S. The van der Waals surface area contributed by atoms with E-state index in [1.165, 1.54) is 0 Å². The van der Waals surface area contributed by atoms with Gasteiger partial charge in [0, 0.05) is 6.20 Å². The third-order valence-electron chi connectivity index (χ3n) is 1.58. The van der Waals surface area contributed by atoms with Gasteiger partial charge in [0.25, 0.3) is 0 Å². The average molecular weight is 210 g/mol. The van der Waals surface area contributed by atoms with E-state index in [0.717, 1.165) is 0 Å². The molecule has 0 fully saturated rings. The summed E-state index contributed by atoms with van der Waals surface area (Å²) in [5, 5.41) is 0. The van der Waals surface area contributed by atoms with E-state index in [1.807, 2.05) is 6.07 Å². The minimum atomic E-state index is 0.268. The lowest BCUT2D eigenvalue weighted by molar-refractivity contribution is 0.269. The van der Waals surface area contributed by atoms with Crippen molar-refractivity contribution >= 4 is 17.2 Å². The second-order valence-electron chi connectivity index (χ2n) is 3.42. The molecular formula is C10H14N2OS. The van der Waals surface area contributed by atoms with E-state index in [-0.39, 0.29) is 4.99 Å². The molecule has 14 heavy (non-hydrogen) atoms. The molecule has 0 bridgehead atoms. The molecule has 76 valence electrons. The van der Waals surface area contributed by atoms with Gasteiger partial charge in [0.05, 0.1) is 6.61 Å².